The smallest absolute Gasteiger partial charge is 0.159 e. The number of aryl methyl sites for hydroxylation is 1. The topological polar surface area (TPSA) is 26.3 Å². The van der Waals surface area contributed by atoms with Gasteiger partial charge >= 0.3 is 0 Å². The van der Waals surface area contributed by atoms with Gasteiger partial charge in [-0.15, -0.1) is 0 Å². The van der Waals surface area contributed by atoms with E-state index in [1.165, 1.54) is 0 Å². The monoisotopic (exact) mass is 290 g/mol. The molecule has 0 spiro atoms. The summed E-state index contributed by atoms with van der Waals surface area (Å²) in [6, 6.07) is 3.46. The average molecular weight is 291 g/mol. The molecule has 5 heteroatoms. The second kappa shape index (κ2) is 6.94. The van der Waals surface area contributed by atoms with Gasteiger partial charge in [0.25, 0.3) is 0 Å². The Kier molecular flexibility index (Phi) is 5.89. The zero-order valence-electron chi connectivity index (χ0n) is 9.33. The largest absolute Gasteiger partial charge is 0.487 e. The molecule has 1 aromatic carbocycles. The Morgan fingerprint density at radius 2 is 2.00 bits per heavy atom. The Labute approximate surface area is 116 Å². The number of thiocarbonyl (C=S) groups is 1. The van der Waals surface area contributed by atoms with Gasteiger partial charge in [-0.05, 0) is 43.3 Å². The van der Waals surface area contributed by atoms with E-state index in [0.29, 0.717) is 46.4 Å². The summed E-state index contributed by atoms with van der Waals surface area (Å²) in [4.78, 5) is 10.7. The van der Waals surface area contributed by atoms with Gasteiger partial charge in [0.2, 0.25) is 0 Å². The lowest BCUT2D eigenvalue weighted by Crippen LogP contribution is -2.03. The van der Waals surface area contributed by atoms with E-state index in [-0.39, 0.29) is 0 Å². The molecule has 0 atom stereocenters. The SMILES string of the molecule is CCOC(=S)CCc1cc(Cl)c(C=O)c(Cl)c1. The Balaban J connectivity index is 2.73. The quantitative estimate of drug-likeness (QED) is 0.603. The number of carbonyl (C=O) groups is 1. The van der Waals surface area contributed by atoms with E-state index in [1.54, 1.807) is 12.1 Å². The highest BCUT2D eigenvalue weighted by Crippen LogP contribution is 2.25. The molecule has 0 fully saturated rings. The molecule has 0 unspecified atom stereocenters. The van der Waals surface area contributed by atoms with Crippen molar-refractivity contribution in [1.82, 2.24) is 0 Å². The van der Waals surface area contributed by atoms with Crippen molar-refractivity contribution in [3.8, 4) is 0 Å². The predicted molar refractivity (Wildman–Crippen MR) is 74.4 cm³/mol. The van der Waals surface area contributed by atoms with Crippen LogP contribution in [0.15, 0.2) is 12.1 Å². The third kappa shape index (κ3) is 4.26. The van der Waals surface area contributed by atoms with Crippen LogP contribution in [-0.2, 0) is 11.2 Å². The number of rotatable bonds is 5. The van der Waals surface area contributed by atoms with Crippen LogP contribution < -0.4 is 0 Å². The van der Waals surface area contributed by atoms with E-state index >= 15 is 0 Å². The van der Waals surface area contributed by atoms with Crippen LogP contribution >= 0.6 is 35.4 Å². The summed E-state index contributed by atoms with van der Waals surface area (Å²) in [5.74, 6) is 0. The van der Waals surface area contributed by atoms with Crippen molar-refractivity contribution in [2.45, 2.75) is 19.8 Å². The molecule has 0 bridgehead atoms. The van der Waals surface area contributed by atoms with Crippen LogP contribution in [0.3, 0.4) is 0 Å². The number of ether oxygens (including phenoxy) is 1. The zero-order chi connectivity index (χ0) is 12.8. The van der Waals surface area contributed by atoms with Gasteiger partial charge in [-0.2, -0.15) is 0 Å². The van der Waals surface area contributed by atoms with Gasteiger partial charge in [-0.25, -0.2) is 0 Å². The van der Waals surface area contributed by atoms with Crippen LogP contribution in [0.2, 0.25) is 10.0 Å². The summed E-state index contributed by atoms with van der Waals surface area (Å²) in [5, 5.41) is 1.30. The molecule has 0 radical (unpaired) electrons. The van der Waals surface area contributed by atoms with Crippen LogP contribution in [-0.4, -0.2) is 17.9 Å². The number of benzene rings is 1. The van der Waals surface area contributed by atoms with Gasteiger partial charge in [-0.3, -0.25) is 4.79 Å². The predicted octanol–water partition coefficient (Wildman–Crippen LogP) is 4.10. The summed E-state index contributed by atoms with van der Waals surface area (Å²) >= 11 is 16.9. The Morgan fingerprint density at radius 1 is 1.41 bits per heavy atom. The second-order valence-electron chi connectivity index (χ2n) is 3.40. The highest BCUT2D eigenvalue weighted by atomic mass is 35.5. The molecular weight excluding hydrogens is 279 g/mol. The molecule has 92 valence electrons. The molecule has 0 saturated heterocycles. The number of hydrogen-bond donors (Lipinski definition) is 0. The molecule has 0 N–H and O–H groups in total. The Hall–Kier alpha value is -0.640. The van der Waals surface area contributed by atoms with Crippen molar-refractivity contribution < 1.29 is 9.53 Å². The van der Waals surface area contributed by atoms with Gasteiger partial charge in [0.1, 0.15) is 0 Å². The van der Waals surface area contributed by atoms with E-state index < -0.39 is 0 Å². The van der Waals surface area contributed by atoms with Crippen LogP contribution in [0.1, 0.15) is 29.3 Å². The average Bonchev–Trinajstić information content (AvgIpc) is 2.26. The first-order chi connectivity index (χ1) is 8.08. The third-order valence-electron chi connectivity index (χ3n) is 2.18. The minimum absolute atomic E-state index is 0.324. The fourth-order valence-corrected chi connectivity index (χ4v) is 2.21. The molecule has 0 heterocycles. The molecule has 1 rings (SSSR count). The maximum absolute atomic E-state index is 10.7. The van der Waals surface area contributed by atoms with Gasteiger partial charge in [0.05, 0.1) is 22.2 Å². The summed E-state index contributed by atoms with van der Waals surface area (Å²) < 4.78 is 5.18. The van der Waals surface area contributed by atoms with Crippen molar-refractivity contribution >= 4 is 46.8 Å². The number of hydrogen-bond acceptors (Lipinski definition) is 3. The van der Waals surface area contributed by atoms with Crippen molar-refractivity contribution in [3.63, 3.8) is 0 Å². The minimum atomic E-state index is 0.324. The number of halogens is 2. The lowest BCUT2D eigenvalue weighted by Gasteiger charge is -2.07. The molecule has 0 aliphatic rings. The molecule has 17 heavy (non-hydrogen) atoms. The molecule has 0 aliphatic heterocycles. The molecule has 2 nitrogen and oxygen atoms in total. The fraction of sp³-hybridized carbons (Fsp3) is 0.333. The molecule has 0 amide bonds. The molecule has 0 aromatic heterocycles. The second-order valence-corrected chi connectivity index (χ2v) is 4.67. The maximum atomic E-state index is 10.7. The van der Waals surface area contributed by atoms with Crippen molar-refractivity contribution in [3.05, 3.63) is 33.3 Å². The zero-order valence-corrected chi connectivity index (χ0v) is 11.7. The van der Waals surface area contributed by atoms with Crippen LogP contribution in [0.5, 0.6) is 0 Å². The minimum Gasteiger partial charge on any atom is -0.487 e. The van der Waals surface area contributed by atoms with E-state index in [4.69, 9.17) is 40.2 Å². The van der Waals surface area contributed by atoms with Crippen molar-refractivity contribution in [1.29, 1.82) is 0 Å². The molecule has 0 aliphatic carbocycles. The van der Waals surface area contributed by atoms with Gasteiger partial charge in [0.15, 0.2) is 11.3 Å². The van der Waals surface area contributed by atoms with E-state index in [1.807, 2.05) is 6.92 Å². The number of aldehydes is 1. The van der Waals surface area contributed by atoms with E-state index in [0.717, 1.165) is 5.56 Å². The normalized spacial score (nSPS) is 10.1. The first-order valence-electron chi connectivity index (χ1n) is 5.17. The van der Waals surface area contributed by atoms with E-state index in [9.17, 15) is 4.79 Å². The van der Waals surface area contributed by atoms with E-state index in [2.05, 4.69) is 0 Å². The number of carbonyl (C=O) groups excluding carboxylic acids is 1. The highest BCUT2D eigenvalue weighted by Gasteiger charge is 2.08. The summed E-state index contributed by atoms with van der Waals surface area (Å²) in [7, 11) is 0. The standard InChI is InChI=1S/C12H12Cl2O2S/c1-2-16-12(17)4-3-8-5-10(13)9(7-15)11(14)6-8/h5-7H,2-4H2,1H3. The van der Waals surface area contributed by atoms with Crippen molar-refractivity contribution in [2.75, 3.05) is 6.61 Å². The van der Waals surface area contributed by atoms with Gasteiger partial charge < -0.3 is 4.74 Å². The summed E-state index contributed by atoms with van der Waals surface area (Å²) in [6.07, 6.45) is 1.98. The van der Waals surface area contributed by atoms with Crippen LogP contribution in [0.25, 0.3) is 0 Å². The lowest BCUT2D eigenvalue weighted by atomic mass is 10.1. The Morgan fingerprint density at radius 3 is 2.47 bits per heavy atom. The first kappa shape index (κ1) is 14.4. The lowest BCUT2D eigenvalue weighted by molar-refractivity contribution is 0.112. The fourth-order valence-electron chi connectivity index (χ4n) is 1.37. The highest BCUT2D eigenvalue weighted by molar-refractivity contribution is 7.80. The Bertz CT molecular complexity index is 410. The summed E-state index contributed by atoms with van der Waals surface area (Å²) in [5.41, 5.74) is 1.26. The molecule has 1 aromatic rings. The van der Waals surface area contributed by atoms with Gasteiger partial charge in [-0.1, -0.05) is 23.2 Å². The van der Waals surface area contributed by atoms with Gasteiger partial charge in [0, 0.05) is 6.42 Å². The first-order valence-corrected chi connectivity index (χ1v) is 6.33. The third-order valence-corrected chi connectivity index (χ3v) is 3.13. The van der Waals surface area contributed by atoms with Crippen LogP contribution in [0, 0.1) is 0 Å². The maximum Gasteiger partial charge on any atom is 0.159 e. The summed E-state index contributed by atoms with van der Waals surface area (Å²) in [6.45, 7) is 2.46. The molecular formula is C12H12Cl2O2S. The van der Waals surface area contributed by atoms with Crippen molar-refractivity contribution in [2.24, 2.45) is 0 Å². The van der Waals surface area contributed by atoms with Crippen LogP contribution in [0.4, 0.5) is 0 Å². The molecule has 0 saturated carbocycles.